The summed E-state index contributed by atoms with van der Waals surface area (Å²) in [7, 11) is 1.93. The second-order valence-electron chi connectivity index (χ2n) is 4.01. The average Bonchev–Trinajstić information content (AvgIpc) is 2.74. The van der Waals surface area contributed by atoms with Gasteiger partial charge in [0.1, 0.15) is 0 Å². The maximum absolute atomic E-state index is 13.6. The summed E-state index contributed by atoms with van der Waals surface area (Å²) in [6.45, 7) is 2.12. The normalized spacial score (nSPS) is 13.2. The van der Waals surface area contributed by atoms with Crippen LogP contribution >= 0.6 is 0 Å². The second kappa shape index (κ2) is 4.66. The summed E-state index contributed by atoms with van der Waals surface area (Å²) >= 11 is 0. The summed E-state index contributed by atoms with van der Waals surface area (Å²) in [5, 5.41) is 4.05. The number of hydrogen-bond donors (Lipinski definition) is 1. The minimum atomic E-state index is -0.275. The molecule has 0 aliphatic heterocycles. The molecule has 1 N–H and O–H groups in total. The smallest absolute Gasteiger partial charge is 0.169 e. The van der Waals surface area contributed by atoms with Crippen molar-refractivity contribution in [1.82, 2.24) is 5.32 Å². The van der Waals surface area contributed by atoms with Gasteiger partial charge in [-0.25, -0.2) is 4.39 Å². The molecule has 0 saturated heterocycles. The number of hydrogen-bond acceptors (Lipinski definition) is 2. The Morgan fingerprint density at radius 2 is 2.25 bits per heavy atom. The lowest BCUT2D eigenvalue weighted by atomic mass is 10.0. The van der Waals surface area contributed by atoms with Gasteiger partial charge in [0.2, 0.25) is 0 Å². The highest BCUT2D eigenvalue weighted by atomic mass is 19.1. The van der Waals surface area contributed by atoms with Crippen molar-refractivity contribution >= 4 is 11.0 Å². The molecule has 86 valence electrons. The van der Waals surface area contributed by atoms with Crippen LogP contribution < -0.4 is 5.32 Å². The highest BCUT2D eigenvalue weighted by molar-refractivity contribution is 5.78. The fourth-order valence-corrected chi connectivity index (χ4v) is 1.95. The van der Waals surface area contributed by atoms with Crippen LogP contribution in [0.15, 0.2) is 28.9 Å². The van der Waals surface area contributed by atoms with Gasteiger partial charge >= 0.3 is 0 Å². The summed E-state index contributed by atoms with van der Waals surface area (Å²) in [5.74, 6) is -0.275. The molecule has 2 rings (SSSR count). The first kappa shape index (κ1) is 11.1. The molecule has 1 heterocycles. The quantitative estimate of drug-likeness (QED) is 0.858. The number of rotatable bonds is 4. The summed E-state index contributed by atoms with van der Waals surface area (Å²) in [5.41, 5.74) is 1.36. The van der Waals surface area contributed by atoms with Gasteiger partial charge in [-0.2, -0.15) is 0 Å². The van der Waals surface area contributed by atoms with Gasteiger partial charge < -0.3 is 9.73 Å². The van der Waals surface area contributed by atoms with Gasteiger partial charge in [0.15, 0.2) is 11.4 Å². The minimum absolute atomic E-state index is 0.275. The van der Waals surface area contributed by atoms with Gasteiger partial charge in [-0.15, -0.1) is 0 Å². The van der Waals surface area contributed by atoms with Crippen LogP contribution in [0.2, 0.25) is 0 Å². The van der Waals surface area contributed by atoms with E-state index in [0.29, 0.717) is 11.6 Å². The molecule has 0 amide bonds. The van der Waals surface area contributed by atoms with E-state index in [4.69, 9.17) is 4.42 Å². The molecule has 0 aliphatic carbocycles. The highest BCUT2D eigenvalue weighted by Gasteiger charge is 2.09. The zero-order valence-corrected chi connectivity index (χ0v) is 9.59. The topological polar surface area (TPSA) is 25.2 Å². The molecule has 1 aromatic carbocycles. The Morgan fingerprint density at radius 3 is 2.94 bits per heavy atom. The zero-order chi connectivity index (χ0) is 11.5. The van der Waals surface area contributed by atoms with Gasteiger partial charge in [0, 0.05) is 11.4 Å². The van der Waals surface area contributed by atoms with Crippen LogP contribution in [-0.2, 0) is 6.42 Å². The second-order valence-corrected chi connectivity index (χ2v) is 4.01. The predicted octanol–water partition coefficient (Wildman–Crippen LogP) is 3.11. The number of fused-ring (bicyclic) bond motifs is 1. The third-order valence-corrected chi connectivity index (χ3v) is 2.95. The minimum Gasteiger partial charge on any atom is -0.461 e. The number of benzene rings is 1. The van der Waals surface area contributed by atoms with Gasteiger partial charge in [0.25, 0.3) is 0 Å². The van der Waals surface area contributed by atoms with Crippen LogP contribution in [-0.4, -0.2) is 13.1 Å². The van der Waals surface area contributed by atoms with Gasteiger partial charge in [-0.05, 0) is 43.7 Å². The van der Waals surface area contributed by atoms with E-state index in [1.165, 1.54) is 6.26 Å². The zero-order valence-electron chi connectivity index (χ0n) is 9.59. The third kappa shape index (κ3) is 2.09. The first-order chi connectivity index (χ1) is 7.74. The molecule has 16 heavy (non-hydrogen) atoms. The molecule has 0 saturated carbocycles. The van der Waals surface area contributed by atoms with Crippen LogP contribution in [0.4, 0.5) is 4.39 Å². The molecular weight excluding hydrogens is 205 g/mol. The number of nitrogens with one attached hydrogen (secondary N) is 1. The maximum Gasteiger partial charge on any atom is 0.169 e. The molecule has 1 aromatic heterocycles. The van der Waals surface area contributed by atoms with E-state index in [9.17, 15) is 4.39 Å². The number of furan rings is 1. The summed E-state index contributed by atoms with van der Waals surface area (Å²) in [6.07, 6.45) is 3.39. The Kier molecular flexibility index (Phi) is 3.25. The molecule has 0 fully saturated rings. The molecule has 2 nitrogen and oxygen atoms in total. The average molecular weight is 221 g/mol. The summed E-state index contributed by atoms with van der Waals surface area (Å²) < 4.78 is 18.7. The molecule has 1 atom stereocenters. The van der Waals surface area contributed by atoms with Crippen molar-refractivity contribution in [3.63, 3.8) is 0 Å². The van der Waals surface area contributed by atoms with Crippen molar-refractivity contribution in [1.29, 1.82) is 0 Å². The summed E-state index contributed by atoms with van der Waals surface area (Å²) in [4.78, 5) is 0. The third-order valence-electron chi connectivity index (χ3n) is 2.95. The lowest BCUT2D eigenvalue weighted by Crippen LogP contribution is -2.26. The highest BCUT2D eigenvalue weighted by Crippen LogP contribution is 2.22. The standard InChI is InChI=1S/C13H16FNO/c1-3-11(15-2)7-9-6-10-4-5-16-13(10)12(14)8-9/h4-6,8,11,15H,3,7H2,1-2H3. The van der Waals surface area contributed by atoms with Crippen LogP contribution in [0.1, 0.15) is 18.9 Å². The van der Waals surface area contributed by atoms with E-state index in [1.54, 1.807) is 12.1 Å². The van der Waals surface area contributed by atoms with Crippen LogP contribution in [0, 0.1) is 5.82 Å². The van der Waals surface area contributed by atoms with E-state index in [2.05, 4.69) is 12.2 Å². The van der Waals surface area contributed by atoms with Crippen LogP contribution in [0.5, 0.6) is 0 Å². The Balaban J connectivity index is 2.30. The van der Waals surface area contributed by atoms with E-state index in [1.807, 2.05) is 13.1 Å². The lowest BCUT2D eigenvalue weighted by Gasteiger charge is -2.13. The monoisotopic (exact) mass is 221 g/mol. The van der Waals surface area contributed by atoms with Gasteiger partial charge in [0.05, 0.1) is 6.26 Å². The summed E-state index contributed by atoms with van der Waals surface area (Å²) in [6, 6.07) is 5.74. The Bertz CT molecular complexity index is 474. The van der Waals surface area contributed by atoms with Crippen LogP contribution in [0.3, 0.4) is 0 Å². The van der Waals surface area contributed by atoms with Crippen molar-refractivity contribution in [3.05, 3.63) is 35.8 Å². The van der Waals surface area contributed by atoms with Gasteiger partial charge in [-0.1, -0.05) is 6.92 Å². The van der Waals surface area contributed by atoms with E-state index >= 15 is 0 Å². The van der Waals surface area contributed by atoms with Crippen LogP contribution in [0.25, 0.3) is 11.0 Å². The molecule has 2 aromatic rings. The van der Waals surface area contributed by atoms with Crippen molar-refractivity contribution in [3.8, 4) is 0 Å². The molecule has 0 spiro atoms. The van der Waals surface area contributed by atoms with E-state index in [-0.39, 0.29) is 5.82 Å². The number of likely N-dealkylation sites (N-methyl/N-ethyl adjacent to an activating group) is 1. The molecule has 1 unspecified atom stereocenters. The van der Waals surface area contributed by atoms with Gasteiger partial charge in [-0.3, -0.25) is 0 Å². The molecule has 0 radical (unpaired) electrons. The Labute approximate surface area is 94.4 Å². The first-order valence-electron chi connectivity index (χ1n) is 5.57. The fourth-order valence-electron chi connectivity index (χ4n) is 1.95. The molecule has 3 heteroatoms. The van der Waals surface area contributed by atoms with Crippen molar-refractivity contribution in [2.45, 2.75) is 25.8 Å². The Morgan fingerprint density at radius 1 is 1.44 bits per heavy atom. The largest absolute Gasteiger partial charge is 0.461 e. The fraction of sp³-hybridized carbons (Fsp3) is 0.385. The van der Waals surface area contributed by atoms with Crippen molar-refractivity contribution < 1.29 is 8.81 Å². The van der Waals surface area contributed by atoms with Crippen molar-refractivity contribution in [2.75, 3.05) is 7.05 Å². The SMILES string of the molecule is CCC(Cc1cc(F)c2occc2c1)NC. The molecule has 0 aliphatic rings. The molecular formula is C13H16FNO. The van der Waals surface area contributed by atoms with E-state index < -0.39 is 0 Å². The first-order valence-corrected chi connectivity index (χ1v) is 5.57. The molecule has 0 bridgehead atoms. The number of halogens is 1. The Hall–Kier alpha value is -1.35. The lowest BCUT2D eigenvalue weighted by molar-refractivity contribution is 0.537. The van der Waals surface area contributed by atoms with E-state index in [0.717, 1.165) is 23.8 Å². The maximum atomic E-state index is 13.6. The van der Waals surface area contributed by atoms with Crippen molar-refractivity contribution in [2.24, 2.45) is 0 Å². The predicted molar refractivity (Wildman–Crippen MR) is 63.0 cm³/mol.